The minimum atomic E-state index is -2.61. The summed E-state index contributed by atoms with van der Waals surface area (Å²) >= 11 is 0. The van der Waals surface area contributed by atoms with Crippen LogP contribution in [0.4, 0.5) is 0 Å². The van der Waals surface area contributed by atoms with E-state index in [2.05, 4.69) is 69.3 Å². The molecule has 1 aliphatic heterocycles. The molecule has 1 fully saturated rings. The molecule has 1 unspecified atom stereocenters. The van der Waals surface area contributed by atoms with E-state index in [0.29, 0.717) is 13.0 Å². The van der Waals surface area contributed by atoms with Crippen molar-refractivity contribution in [1.29, 1.82) is 0 Å². The summed E-state index contributed by atoms with van der Waals surface area (Å²) in [6.45, 7) is 7.06. The first-order valence-electron chi connectivity index (χ1n) is 9.50. The third-order valence-electron chi connectivity index (χ3n) is 5.33. The molecule has 4 nitrogen and oxygen atoms in total. The van der Waals surface area contributed by atoms with Crippen molar-refractivity contribution in [1.82, 2.24) is 0 Å². The van der Waals surface area contributed by atoms with Crippen molar-refractivity contribution in [3.8, 4) is 0 Å². The number of rotatable bonds is 6. The molecule has 0 aromatic heterocycles. The summed E-state index contributed by atoms with van der Waals surface area (Å²) in [4.78, 5) is 0. The molecule has 1 N–H and O–H groups in total. The standard InChI is InChI=1S/C22H30O4Si/c1-22(2,3)27(17-11-7-5-8-12-17,18-13-9-6-10-14-18)25-16-20-19(23)15-21(24-4)26-20/h5-14,19-21,23H,15-16H2,1-4H3/t19-,20+,21?/m0/s1. The third kappa shape index (κ3) is 4.03. The molecule has 27 heavy (non-hydrogen) atoms. The Morgan fingerprint density at radius 2 is 1.52 bits per heavy atom. The number of hydrogen-bond donors (Lipinski definition) is 1. The normalized spacial score (nSPS) is 23.5. The van der Waals surface area contributed by atoms with E-state index in [0.717, 1.165) is 0 Å². The second-order valence-electron chi connectivity index (χ2n) is 8.12. The van der Waals surface area contributed by atoms with Gasteiger partial charge in [-0.1, -0.05) is 81.4 Å². The van der Waals surface area contributed by atoms with E-state index in [1.807, 2.05) is 12.1 Å². The van der Waals surface area contributed by atoms with Crippen LogP contribution in [-0.2, 0) is 13.9 Å². The molecule has 0 aliphatic carbocycles. The highest BCUT2D eigenvalue weighted by Gasteiger charge is 2.51. The molecule has 0 bridgehead atoms. The van der Waals surface area contributed by atoms with Crippen molar-refractivity contribution >= 4 is 18.7 Å². The van der Waals surface area contributed by atoms with Gasteiger partial charge in [0, 0.05) is 13.5 Å². The zero-order valence-corrected chi connectivity index (χ0v) is 17.6. The van der Waals surface area contributed by atoms with Crippen molar-refractivity contribution < 1.29 is 19.0 Å². The molecule has 1 heterocycles. The summed E-state index contributed by atoms with van der Waals surface area (Å²) in [5.41, 5.74) is 0. The molecule has 5 heteroatoms. The van der Waals surface area contributed by atoms with Crippen LogP contribution < -0.4 is 10.4 Å². The van der Waals surface area contributed by atoms with Gasteiger partial charge in [-0.05, 0) is 15.4 Å². The lowest BCUT2D eigenvalue weighted by Gasteiger charge is -2.43. The summed E-state index contributed by atoms with van der Waals surface area (Å²) < 4.78 is 17.9. The fourth-order valence-corrected chi connectivity index (χ4v) is 8.53. The highest BCUT2D eigenvalue weighted by molar-refractivity contribution is 6.99. The van der Waals surface area contributed by atoms with Gasteiger partial charge in [-0.15, -0.1) is 0 Å². The summed E-state index contributed by atoms with van der Waals surface area (Å²) in [5.74, 6) is 0. The minimum Gasteiger partial charge on any atom is -0.405 e. The molecular formula is C22H30O4Si. The van der Waals surface area contributed by atoms with Crippen LogP contribution in [0.25, 0.3) is 0 Å². The average Bonchev–Trinajstić information content (AvgIpc) is 3.03. The zero-order chi connectivity index (χ0) is 19.5. The van der Waals surface area contributed by atoms with Gasteiger partial charge in [-0.2, -0.15) is 0 Å². The first kappa shape index (κ1) is 20.2. The Labute approximate surface area is 163 Å². The zero-order valence-electron chi connectivity index (χ0n) is 16.6. The van der Waals surface area contributed by atoms with E-state index >= 15 is 0 Å². The second kappa shape index (κ2) is 8.25. The molecule has 0 saturated carbocycles. The topological polar surface area (TPSA) is 47.9 Å². The number of hydrogen-bond acceptors (Lipinski definition) is 4. The van der Waals surface area contributed by atoms with Crippen LogP contribution in [0.3, 0.4) is 0 Å². The monoisotopic (exact) mass is 386 g/mol. The van der Waals surface area contributed by atoms with E-state index in [4.69, 9.17) is 13.9 Å². The molecule has 2 aromatic carbocycles. The fraction of sp³-hybridized carbons (Fsp3) is 0.455. The molecular weight excluding hydrogens is 356 g/mol. The van der Waals surface area contributed by atoms with Crippen molar-refractivity contribution in [3.63, 3.8) is 0 Å². The highest BCUT2D eigenvalue weighted by atomic mass is 28.4. The third-order valence-corrected chi connectivity index (χ3v) is 10.3. The Bertz CT molecular complexity index is 675. The van der Waals surface area contributed by atoms with Crippen LogP contribution in [0.2, 0.25) is 5.04 Å². The van der Waals surface area contributed by atoms with Gasteiger partial charge in [-0.3, -0.25) is 0 Å². The molecule has 0 spiro atoms. The summed E-state index contributed by atoms with van der Waals surface area (Å²) in [6, 6.07) is 21.0. The summed E-state index contributed by atoms with van der Waals surface area (Å²) in [5, 5.41) is 12.7. The van der Waals surface area contributed by atoms with Crippen LogP contribution in [0.5, 0.6) is 0 Å². The van der Waals surface area contributed by atoms with Gasteiger partial charge in [-0.25, -0.2) is 0 Å². The minimum absolute atomic E-state index is 0.0973. The lowest BCUT2D eigenvalue weighted by molar-refractivity contribution is -0.125. The molecule has 2 aromatic rings. The lowest BCUT2D eigenvalue weighted by atomic mass is 10.2. The molecule has 0 radical (unpaired) electrons. The van der Waals surface area contributed by atoms with E-state index in [-0.39, 0.29) is 17.4 Å². The van der Waals surface area contributed by atoms with Crippen molar-refractivity contribution in [2.45, 2.75) is 50.7 Å². The van der Waals surface area contributed by atoms with Gasteiger partial charge < -0.3 is 19.0 Å². The SMILES string of the molecule is COC1C[C@H](O)[C@@H](CO[Si](c2ccccc2)(c2ccccc2)C(C)(C)C)O1. The van der Waals surface area contributed by atoms with Gasteiger partial charge >= 0.3 is 0 Å². The molecule has 146 valence electrons. The van der Waals surface area contributed by atoms with Crippen LogP contribution in [-0.4, -0.2) is 45.6 Å². The largest absolute Gasteiger partial charge is 0.405 e. The maximum absolute atomic E-state index is 10.4. The van der Waals surface area contributed by atoms with E-state index in [1.54, 1.807) is 7.11 Å². The Hall–Kier alpha value is -1.50. The van der Waals surface area contributed by atoms with Gasteiger partial charge in [0.2, 0.25) is 0 Å². The molecule has 1 aliphatic rings. The van der Waals surface area contributed by atoms with Gasteiger partial charge in [0.05, 0.1) is 12.7 Å². The van der Waals surface area contributed by atoms with Crippen LogP contribution in [0.1, 0.15) is 27.2 Å². The maximum Gasteiger partial charge on any atom is 0.261 e. The van der Waals surface area contributed by atoms with Crippen molar-refractivity contribution in [2.24, 2.45) is 0 Å². The number of aliphatic hydroxyl groups is 1. The maximum atomic E-state index is 10.4. The Kier molecular flexibility index (Phi) is 6.18. The lowest BCUT2D eigenvalue weighted by Crippen LogP contribution is -2.67. The van der Waals surface area contributed by atoms with Crippen LogP contribution in [0, 0.1) is 0 Å². The van der Waals surface area contributed by atoms with Gasteiger partial charge in [0.15, 0.2) is 6.29 Å². The smallest absolute Gasteiger partial charge is 0.261 e. The average molecular weight is 387 g/mol. The Morgan fingerprint density at radius 1 is 1.00 bits per heavy atom. The predicted octanol–water partition coefficient (Wildman–Crippen LogP) is 2.69. The van der Waals surface area contributed by atoms with Gasteiger partial charge in [0.25, 0.3) is 8.32 Å². The van der Waals surface area contributed by atoms with Crippen molar-refractivity contribution in [2.75, 3.05) is 13.7 Å². The quantitative estimate of drug-likeness (QED) is 0.776. The Morgan fingerprint density at radius 3 is 1.93 bits per heavy atom. The highest BCUT2D eigenvalue weighted by Crippen LogP contribution is 2.37. The molecule has 1 saturated heterocycles. The number of benzene rings is 2. The molecule has 3 rings (SSSR count). The Balaban J connectivity index is 2.00. The number of ether oxygens (including phenoxy) is 2. The second-order valence-corrected chi connectivity index (χ2v) is 12.4. The van der Waals surface area contributed by atoms with Crippen LogP contribution in [0.15, 0.2) is 60.7 Å². The molecule has 0 amide bonds. The first-order valence-corrected chi connectivity index (χ1v) is 11.4. The number of aliphatic hydroxyl groups excluding tert-OH is 1. The van der Waals surface area contributed by atoms with Gasteiger partial charge in [0.1, 0.15) is 6.10 Å². The van der Waals surface area contributed by atoms with E-state index < -0.39 is 14.4 Å². The first-order chi connectivity index (χ1) is 12.9. The summed E-state index contributed by atoms with van der Waals surface area (Å²) in [6.07, 6.45) is -0.844. The summed E-state index contributed by atoms with van der Waals surface area (Å²) in [7, 11) is -1.01. The number of methoxy groups -OCH3 is 1. The predicted molar refractivity (Wildman–Crippen MR) is 110 cm³/mol. The molecule has 3 atom stereocenters. The van der Waals surface area contributed by atoms with E-state index in [9.17, 15) is 5.11 Å². The van der Waals surface area contributed by atoms with Crippen molar-refractivity contribution in [3.05, 3.63) is 60.7 Å². The van der Waals surface area contributed by atoms with Crippen LogP contribution >= 0.6 is 0 Å². The fourth-order valence-electron chi connectivity index (χ4n) is 3.96. The van der Waals surface area contributed by atoms with E-state index in [1.165, 1.54) is 10.4 Å².